The molecule has 0 aliphatic carbocycles. The Hall–Kier alpha value is -2.64. The van der Waals surface area contributed by atoms with Crippen LogP contribution in [0.4, 0.5) is 4.79 Å². The second-order valence-corrected chi connectivity index (χ2v) is 4.85. The number of rotatable bonds is 3. The summed E-state index contributed by atoms with van der Waals surface area (Å²) in [5.74, 6) is -0.208. The first-order chi connectivity index (χ1) is 10.1. The van der Waals surface area contributed by atoms with Crippen molar-refractivity contribution in [2.75, 3.05) is 26.7 Å². The van der Waals surface area contributed by atoms with Gasteiger partial charge in [-0.05, 0) is 12.1 Å². The van der Waals surface area contributed by atoms with Crippen molar-refractivity contribution < 1.29 is 19.1 Å². The number of nitrogens with zero attached hydrogens (tertiary/aromatic N) is 3. The highest BCUT2D eigenvalue weighted by Crippen LogP contribution is 2.23. The van der Waals surface area contributed by atoms with Crippen molar-refractivity contribution in [3.63, 3.8) is 0 Å². The summed E-state index contributed by atoms with van der Waals surface area (Å²) >= 11 is 0. The van der Waals surface area contributed by atoms with Gasteiger partial charge in [0, 0.05) is 19.3 Å². The number of methoxy groups -OCH3 is 1. The van der Waals surface area contributed by atoms with Gasteiger partial charge in [0.15, 0.2) is 0 Å². The molecule has 1 aromatic heterocycles. The number of hydrogen-bond donors (Lipinski definition) is 1. The Morgan fingerprint density at radius 3 is 2.81 bits per heavy atom. The molecule has 0 spiro atoms. The molecule has 3 rings (SSSR count). The van der Waals surface area contributed by atoms with Gasteiger partial charge in [-0.15, -0.1) is 0 Å². The lowest BCUT2D eigenvalue weighted by molar-refractivity contribution is -0.128. The molecule has 1 N–H and O–H groups in total. The number of pyridine rings is 1. The highest BCUT2D eigenvalue weighted by Gasteiger charge is 2.43. The summed E-state index contributed by atoms with van der Waals surface area (Å²) in [6.45, 7) is 0.686. The van der Waals surface area contributed by atoms with E-state index in [4.69, 9.17) is 4.74 Å². The lowest BCUT2D eigenvalue weighted by Crippen LogP contribution is -2.62. The van der Waals surface area contributed by atoms with Crippen LogP contribution in [0.15, 0.2) is 18.3 Å². The van der Waals surface area contributed by atoms with E-state index in [1.807, 2.05) is 0 Å². The molecule has 2 aliphatic heterocycles. The van der Waals surface area contributed by atoms with E-state index < -0.39 is 6.03 Å². The Morgan fingerprint density at radius 1 is 1.43 bits per heavy atom. The average molecular weight is 290 g/mol. The van der Waals surface area contributed by atoms with Gasteiger partial charge in [0.25, 0.3) is 5.91 Å². The van der Waals surface area contributed by atoms with E-state index in [0.29, 0.717) is 18.7 Å². The van der Waals surface area contributed by atoms with Gasteiger partial charge in [0.05, 0.1) is 19.7 Å². The number of ether oxygens (including phenoxy) is 1. The largest absolute Gasteiger partial charge is 0.480 e. The molecule has 21 heavy (non-hydrogen) atoms. The van der Waals surface area contributed by atoms with Gasteiger partial charge < -0.3 is 15.0 Å². The SMILES string of the molecule is COc1ncccc1C(=O)N1CC(N2C(=O)CNC2=O)C1. The van der Waals surface area contributed by atoms with Crippen molar-refractivity contribution in [3.05, 3.63) is 23.9 Å². The van der Waals surface area contributed by atoms with E-state index in [1.54, 1.807) is 23.2 Å². The maximum absolute atomic E-state index is 12.3. The summed E-state index contributed by atoms with van der Waals surface area (Å²) < 4.78 is 5.06. The molecule has 2 aliphatic rings. The number of hydrogen-bond acceptors (Lipinski definition) is 5. The fraction of sp³-hybridized carbons (Fsp3) is 0.385. The minimum Gasteiger partial charge on any atom is -0.480 e. The number of aromatic nitrogens is 1. The second-order valence-electron chi connectivity index (χ2n) is 4.85. The molecular formula is C13H14N4O4. The molecule has 1 aromatic rings. The number of imide groups is 1. The van der Waals surface area contributed by atoms with Crippen molar-refractivity contribution in [3.8, 4) is 5.88 Å². The van der Waals surface area contributed by atoms with Crippen molar-refractivity contribution in [2.45, 2.75) is 6.04 Å². The summed E-state index contributed by atoms with van der Waals surface area (Å²) in [7, 11) is 1.45. The molecular weight excluding hydrogens is 276 g/mol. The first kappa shape index (κ1) is 13.3. The zero-order valence-electron chi connectivity index (χ0n) is 11.4. The van der Waals surface area contributed by atoms with Gasteiger partial charge >= 0.3 is 6.03 Å². The van der Waals surface area contributed by atoms with Gasteiger partial charge in [0.1, 0.15) is 5.56 Å². The number of urea groups is 1. The summed E-state index contributed by atoms with van der Waals surface area (Å²) in [6, 6.07) is 2.64. The zero-order valence-corrected chi connectivity index (χ0v) is 11.4. The van der Waals surface area contributed by atoms with Crippen LogP contribution in [0.1, 0.15) is 10.4 Å². The molecule has 0 aromatic carbocycles. The van der Waals surface area contributed by atoms with E-state index in [0.717, 1.165) is 0 Å². The molecule has 0 unspecified atom stereocenters. The predicted molar refractivity (Wildman–Crippen MR) is 70.7 cm³/mol. The Bertz CT molecular complexity index is 596. The normalized spacial score (nSPS) is 18.5. The fourth-order valence-corrected chi connectivity index (χ4v) is 2.48. The van der Waals surface area contributed by atoms with Crippen molar-refractivity contribution >= 4 is 17.8 Å². The van der Waals surface area contributed by atoms with Crippen LogP contribution in [0.2, 0.25) is 0 Å². The van der Waals surface area contributed by atoms with Gasteiger partial charge in [-0.1, -0.05) is 0 Å². The van der Waals surface area contributed by atoms with Crippen molar-refractivity contribution in [1.82, 2.24) is 20.1 Å². The highest BCUT2D eigenvalue weighted by molar-refractivity contribution is 6.03. The van der Waals surface area contributed by atoms with E-state index in [9.17, 15) is 14.4 Å². The molecule has 0 atom stereocenters. The van der Waals surface area contributed by atoms with Crippen molar-refractivity contribution in [2.24, 2.45) is 0 Å². The Labute approximate surface area is 120 Å². The average Bonchev–Trinajstić information content (AvgIpc) is 2.77. The number of nitrogens with one attached hydrogen (secondary N) is 1. The van der Waals surface area contributed by atoms with E-state index in [2.05, 4.69) is 10.3 Å². The second kappa shape index (κ2) is 5.04. The van der Waals surface area contributed by atoms with Gasteiger partial charge in [-0.25, -0.2) is 9.78 Å². The Kier molecular flexibility index (Phi) is 3.20. The fourth-order valence-electron chi connectivity index (χ4n) is 2.48. The smallest absolute Gasteiger partial charge is 0.324 e. The third-order valence-corrected chi connectivity index (χ3v) is 3.59. The lowest BCUT2D eigenvalue weighted by atomic mass is 10.1. The third kappa shape index (κ3) is 2.18. The molecule has 2 fully saturated rings. The van der Waals surface area contributed by atoms with Crippen LogP contribution >= 0.6 is 0 Å². The highest BCUT2D eigenvalue weighted by atomic mass is 16.5. The Balaban J connectivity index is 1.67. The predicted octanol–water partition coefficient (Wildman–Crippen LogP) is -0.534. The van der Waals surface area contributed by atoms with Crippen LogP contribution in [0.5, 0.6) is 5.88 Å². The topological polar surface area (TPSA) is 91.8 Å². The van der Waals surface area contributed by atoms with Crippen LogP contribution in [-0.2, 0) is 4.79 Å². The maximum atomic E-state index is 12.3. The summed E-state index contributed by atoms with van der Waals surface area (Å²) in [5, 5.41) is 2.47. The molecule has 110 valence electrons. The monoisotopic (exact) mass is 290 g/mol. The molecule has 0 radical (unpaired) electrons. The van der Waals surface area contributed by atoms with Crippen LogP contribution in [-0.4, -0.2) is 65.4 Å². The first-order valence-electron chi connectivity index (χ1n) is 6.50. The van der Waals surface area contributed by atoms with Crippen LogP contribution in [0, 0.1) is 0 Å². The van der Waals surface area contributed by atoms with E-state index in [-0.39, 0.29) is 30.3 Å². The minimum atomic E-state index is -0.393. The molecule has 2 saturated heterocycles. The Morgan fingerprint density at radius 2 is 2.19 bits per heavy atom. The molecule has 4 amide bonds. The standard InChI is InChI=1S/C13H14N4O4/c1-21-11-9(3-2-4-14-11)12(19)16-6-8(7-16)17-10(18)5-15-13(17)20/h2-4,8H,5-7H2,1H3,(H,15,20). The van der Waals surface area contributed by atoms with E-state index in [1.165, 1.54) is 12.0 Å². The number of carbonyl (C=O) groups excluding carboxylic acids is 3. The summed E-state index contributed by atoms with van der Waals surface area (Å²) in [6.07, 6.45) is 1.54. The van der Waals surface area contributed by atoms with Crippen LogP contribution in [0.25, 0.3) is 0 Å². The molecule has 8 nitrogen and oxygen atoms in total. The number of likely N-dealkylation sites (tertiary alicyclic amines) is 1. The van der Waals surface area contributed by atoms with Crippen LogP contribution < -0.4 is 10.1 Å². The minimum absolute atomic E-state index is 0.0275. The summed E-state index contributed by atoms with van der Waals surface area (Å²) in [4.78, 5) is 42.2. The third-order valence-electron chi connectivity index (χ3n) is 3.59. The molecule has 0 saturated carbocycles. The molecule has 8 heteroatoms. The molecule has 0 bridgehead atoms. The van der Waals surface area contributed by atoms with Crippen LogP contribution in [0.3, 0.4) is 0 Å². The quantitative estimate of drug-likeness (QED) is 0.755. The lowest BCUT2D eigenvalue weighted by Gasteiger charge is -2.42. The molecule has 3 heterocycles. The van der Waals surface area contributed by atoms with Gasteiger partial charge in [0.2, 0.25) is 11.8 Å². The van der Waals surface area contributed by atoms with Crippen molar-refractivity contribution in [1.29, 1.82) is 0 Å². The zero-order chi connectivity index (χ0) is 15.0. The van der Waals surface area contributed by atoms with Gasteiger partial charge in [-0.2, -0.15) is 0 Å². The van der Waals surface area contributed by atoms with E-state index >= 15 is 0 Å². The number of carbonyl (C=O) groups is 3. The number of amides is 4. The van der Waals surface area contributed by atoms with Gasteiger partial charge in [-0.3, -0.25) is 14.5 Å². The maximum Gasteiger partial charge on any atom is 0.324 e. The summed E-state index contributed by atoms with van der Waals surface area (Å²) in [5.41, 5.74) is 0.371. The first-order valence-corrected chi connectivity index (χ1v) is 6.50.